The summed E-state index contributed by atoms with van der Waals surface area (Å²) in [5, 5.41) is 6.11. The van der Waals surface area contributed by atoms with Crippen LogP contribution in [0.1, 0.15) is 11.5 Å². The zero-order chi connectivity index (χ0) is 24.8. The lowest BCUT2D eigenvalue weighted by Crippen LogP contribution is -1.95. The second kappa shape index (κ2) is 7.31. The van der Waals surface area contributed by atoms with E-state index in [9.17, 15) is 0 Å². The van der Waals surface area contributed by atoms with E-state index in [0.29, 0.717) is 0 Å². The van der Waals surface area contributed by atoms with E-state index in [1.807, 2.05) is 17.5 Å². The molecule has 0 atom stereocenters. The first-order valence-electron chi connectivity index (χ1n) is 12.4. The van der Waals surface area contributed by atoms with Crippen LogP contribution in [-0.2, 0) is 7.05 Å². The Morgan fingerprint density at radius 1 is 0.730 bits per heavy atom. The van der Waals surface area contributed by atoms with Crippen molar-refractivity contribution in [2.45, 2.75) is 13.8 Å². The van der Waals surface area contributed by atoms with Gasteiger partial charge in [0.25, 0.3) is 0 Å². The van der Waals surface area contributed by atoms with Gasteiger partial charge in [-0.1, -0.05) is 42.5 Å². The number of hydrogen-bond acceptors (Lipinski definition) is 3. The van der Waals surface area contributed by atoms with Gasteiger partial charge >= 0.3 is 0 Å². The molecule has 8 aromatic rings. The zero-order valence-electron chi connectivity index (χ0n) is 20.7. The fourth-order valence-electron chi connectivity index (χ4n) is 5.80. The van der Waals surface area contributed by atoms with Gasteiger partial charge in [0.1, 0.15) is 16.5 Å². The van der Waals surface area contributed by atoms with Crippen LogP contribution in [0.15, 0.2) is 85.1 Å². The number of pyridine rings is 1. The number of aromatic nitrogens is 5. The summed E-state index contributed by atoms with van der Waals surface area (Å²) in [6.07, 6.45) is 1.93. The van der Waals surface area contributed by atoms with Crippen LogP contribution < -0.4 is 0 Å². The largest absolute Gasteiger partial charge is 0.330 e. The monoisotopic (exact) mass is 497 g/mol. The third kappa shape index (κ3) is 2.73. The van der Waals surface area contributed by atoms with Crippen molar-refractivity contribution in [1.82, 2.24) is 23.5 Å². The van der Waals surface area contributed by atoms with Gasteiger partial charge in [-0.15, -0.1) is 11.3 Å². The fraction of sp³-hybridized carbons (Fsp3) is 0.0968. The molecule has 0 aliphatic carbocycles. The van der Waals surface area contributed by atoms with Gasteiger partial charge in [-0.05, 0) is 55.8 Å². The van der Waals surface area contributed by atoms with Crippen LogP contribution in [0.3, 0.4) is 0 Å². The lowest BCUT2D eigenvalue weighted by molar-refractivity contribution is 0.888. The Kier molecular flexibility index (Phi) is 4.10. The lowest BCUT2D eigenvalue weighted by Gasteiger charge is -2.09. The minimum absolute atomic E-state index is 0.960. The second-order valence-corrected chi connectivity index (χ2v) is 10.8. The molecule has 6 heteroatoms. The predicted molar refractivity (Wildman–Crippen MR) is 154 cm³/mol. The first-order valence-corrected chi connectivity index (χ1v) is 13.2. The maximum absolute atomic E-state index is 4.91. The number of rotatable bonds is 2. The minimum atomic E-state index is 0.960. The van der Waals surface area contributed by atoms with Gasteiger partial charge in [-0.2, -0.15) is 0 Å². The van der Waals surface area contributed by atoms with E-state index in [1.165, 1.54) is 42.6 Å². The summed E-state index contributed by atoms with van der Waals surface area (Å²) >= 11 is 1.82. The third-order valence-electron chi connectivity index (χ3n) is 7.64. The smallest absolute Gasteiger partial charge is 0.165 e. The quantitative estimate of drug-likeness (QED) is 0.244. The zero-order valence-corrected chi connectivity index (χ0v) is 21.5. The van der Waals surface area contributed by atoms with E-state index in [0.717, 1.165) is 33.7 Å². The number of nitrogens with zero attached hydrogens (tertiary/aromatic N) is 5. The number of hydrogen-bond donors (Lipinski definition) is 0. The van der Waals surface area contributed by atoms with Crippen molar-refractivity contribution < 1.29 is 0 Å². The predicted octanol–water partition coefficient (Wildman–Crippen LogP) is 7.82. The molecule has 37 heavy (non-hydrogen) atoms. The molecule has 0 fully saturated rings. The molecule has 0 saturated carbocycles. The van der Waals surface area contributed by atoms with Gasteiger partial charge in [-0.25, -0.2) is 9.97 Å². The van der Waals surface area contributed by atoms with Crippen molar-refractivity contribution in [2.24, 2.45) is 7.05 Å². The minimum Gasteiger partial charge on any atom is -0.330 e. The molecule has 0 aliphatic heterocycles. The average molecular weight is 498 g/mol. The normalized spacial score (nSPS) is 12.2. The van der Waals surface area contributed by atoms with Crippen LogP contribution in [0.5, 0.6) is 0 Å². The van der Waals surface area contributed by atoms with Crippen molar-refractivity contribution >= 4 is 60.7 Å². The van der Waals surface area contributed by atoms with Crippen LogP contribution in [0.4, 0.5) is 0 Å². The number of fused-ring (bicyclic) bond motifs is 9. The maximum atomic E-state index is 4.91. The molecule has 0 bridgehead atoms. The van der Waals surface area contributed by atoms with Gasteiger partial charge in [0, 0.05) is 45.4 Å². The highest BCUT2D eigenvalue weighted by Gasteiger charge is 2.18. The van der Waals surface area contributed by atoms with Crippen molar-refractivity contribution in [2.75, 3.05) is 0 Å². The molecule has 5 aromatic heterocycles. The molecule has 0 aliphatic rings. The first-order chi connectivity index (χ1) is 18.1. The highest BCUT2D eigenvalue weighted by atomic mass is 32.1. The Hall–Kier alpha value is -4.42. The number of benzene rings is 3. The Morgan fingerprint density at radius 2 is 1.46 bits per heavy atom. The summed E-state index contributed by atoms with van der Waals surface area (Å²) in [5.74, 6) is 0.993. The number of para-hydroxylation sites is 2. The Balaban J connectivity index is 1.37. The molecular formula is C31H23N5S. The molecule has 5 heterocycles. The SMILES string of the molecule is Cc1nc2c(c3cc(-c4ccc(-n5c6ccccc6c6ccccc65)s4)ccc3c3ncc(C)n32)n1C. The molecule has 0 spiro atoms. The van der Waals surface area contributed by atoms with Crippen molar-refractivity contribution in [1.29, 1.82) is 0 Å². The summed E-state index contributed by atoms with van der Waals surface area (Å²) in [6, 6.07) is 28.6. The van der Waals surface area contributed by atoms with Gasteiger partial charge in [0.2, 0.25) is 0 Å². The van der Waals surface area contributed by atoms with Gasteiger partial charge in [0.15, 0.2) is 5.65 Å². The molecule has 0 radical (unpaired) electrons. The molecule has 3 aromatic carbocycles. The van der Waals surface area contributed by atoms with Crippen LogP contribution in [0, 0.1) is 13.8 Å². The van der Waals surface area contributed by atoms with Crippen LogP contribution in [-0.4, -0.2) is 23.5 Å². The van der Waals surface area contributed by atoms with E-state index in [1.54, 1.807) is 0 Å². The summed E-state index contributed by atoms with van der Waals surface area (Å²) < 4.78 is 6.76. The summed E-state index contributed by atoms with van der Waals surface area (Å²) in [4.78, 5) is 10.9. The molecule has 0 amide bonds. The molecular weight excluding hydrogens is 474 g/mol. The van der Waals surface area contributed by atoms with Crippen molar-refractivity contribution in [3.8, 4) is 15.4 Å². The third-order valence-corrected chi connectivity index (χ3v) is 8.76. The summed E-state index contributed by atoms with van der Waals surface area (Å²) in [6.45, 7) is 4.15. The molecule has 0 N–H and O–H groups in total. The van der Waals surface area contributed by atoms with Crippen molar-refractivity contribution in [3.05, 3.63) is 96.6 Å². The van der Waals surface area contributed by atoms with Crippen LogP contribution >= 0.6 is 11.3 Å². The molecule has 0 unspecified atom stereocenters. The Labute approximate surface area is 216 Å². The highest BCUT2D eigenvalue weighted by Crippen LogP contribution is 2.39. The van der Waals surface area contributed by atoms with E-state index in [-0.39, 0.29) is 0 Å². The topological polar surface area (TPSA) is 40.1 Å². The average Bonchev–Trinajstić information content (AvgIpc) is 3.68. The highest BCUT2D eigenvalue weighted by molar-refractivity contribution is 7.18. The first kappa shape index (κ1) is 20.7. The van der Waals surface area contributed by atoms with Crippen LogP contribution in [0.2, 0.25) is 0 Å². The van der Waals surface area contributed by atoms with Crippen molar-refractivity contribution in [3.63, 3.8) is 0 Å². The molecule has 178 valence electrons. The van der Waals surface area contributed by atoms with Gasteiger partial charge in [-0.3, -0.25) is 4.40 Å². The summed E-state index contributed by atoms with van der Waals surface area (Å²) in [7, 11) is 2.10. The van der Waals surface area contributed by atoms with E-state index >= 15 is 0 Å². The van der Waals surface area contributed by atoms with E-state index in [2.05, 4.69) is 113 Å². The number of thiophene rings is 1. The number of imidazole rings is 2. The maximum Gasteiger partial charge on any atom is 0.165 e. The standard InChI is InChI=1S/C31H23N5S/c1-18-17-32-30-23-13-12-20(16-24(23)29-31(35(18)30)33-19(2)34(29)3)27-14-15-28(37-27)36-25-10-6-4-8-21(25)22-9-5-7-11-26(22)36/h4-17H,1-3H3. The van der Waals surface area contributed by atoms with Gasteiger partial charge in [0.05, 0.1) is 16.6 Å². The van der Waals surface area contributed by atoms with E-state index in [4.69, 9.17) is 9.97 Å². The fourth-order valence-corrected chi connectivity index (χ4v) is 6.83. The second-order valence-electron chi connectivity index (χ2n) is 9.72. The number of aryl methyl sites for hydroxylation is 3. The molecule has 8 rings (SSSR count). The Bertz CT molecular complexity index is 2130. The van der Waals surface area contributed by atoms with E-state index < -0.39 is 0 Å². The van der Waals surface area contributed by atoms with Gasteiger partial charge < -0.3 is 9.13 Å². The molecule has 0 saturated heterocycles. The molecule has 5 nitrogen and oxygen atoms in total. The van der Waals surface area contributed by atoms with Crippen LogP contribution in [0.25, 0.3) is 64.8 Å². The lowest BCUT2D eigenvalue weighted by atomic mass is 10.1. The Morgan fingerprint density at radius 3 is 2.22 bits per heavy atom. The summed E-state index contributed by atoms with van der Waals surface area (Å²) in [5.41, 5.74) is 7.84.